The molecule has 0 N–H and O–H groups in total. The average molecular weight is 380 g/mol. The van der Waals surface area contributed by atoms with Gasteiger partial charge in [0.15, 0.2) is 5.78 Å². The fourth-order valence-corrected chi connectivity index (χ4v) is 3.71. The van der Waals surface area contributed by atoms with E-state index in [1.54, 1.807) is 16.8 Å². The van der Waals surface area contributed by atoms with Crippen LogP contribution in [0, 0.1) is 0 Å². The molecule has 6 heteroatoms. The summed E-state index contributed by atoms with van der Waals surface area (Å²) in [5.41, 5.74) is 1.60. The molecule has 134 valence electrons. The van der Waals surface area contributed by atoms with Crippen molar-refractivity contribution in [3.63, 3.8) is 0 Å². The lowest BCUT2D eigenvalue weighted by Crippen LogP contribution is -2.37. The highest BCUT2D eigenvalue weighted by molar-refractivity contribution is 6.42. The summed E-state index contributed by atoms with van der Waals surface area (Å²) in [5, 5.41) is 5.49. The molecule has 0 spiro atoms. The van der Waals surface area contributed by atoms with E-state index in [-0.39, 0.29) is 5.78 Å². The van der Waals surface area contributed by atoms with Gasteiger partial charge in [0, 0.05) is 12.2 Å². The van der Waals surface area contributed by atoms with Gasteiger partial charge >= 0.3 is 0 Å². The van der Waals surface area contributed by atoms with Crippen LogP contribution in [0.3, 0.4) is 0 Å². The van der Waals surface area contributed by atoms with Crippen LogP contribution in [0.25, 0.3) is 5.69 Å². The predicted octanol–water partition coefficient (Wildman–Crippen LogP) is 4.56. The Bertz CT molecular complexity index is 738. The molecule has 1 saturated carbocycles. The lowest BCUT2D eigenvalue weighted by molar-refractivity contribution is -0.119. The molecule has 0 atom stereocenters. The molecule has 1 aliphatic rings. The zero-order chi connectivity index (χ0) is 17.8. The van der Waals surface area contributed by atoms with Gasteiger partial charge in [-0.25, -0.2) is 4.68 Å². The molecule has 0 aliphatic heterocycles. The van der Waals surface area contributed by atoms with E-state index in [9.17, 15) is 4.79 Å². The van der Waals surface area contributed by atoms with Gasteiger partial charge in [-0.3, -0.25) is 9.69 Å². The Labute approximate surface area is 158 Å². The van der Waals surface area contributed by atoms with E-state index in [1.807, 2.05) is 18.3 Å². The number of Topliss-reactive ketones (excluding diaryl/α,β-unsaturated/α-hetero) is 1. The molecule has 2 aromatic rings. The summed E-state index contributed by atoms with van der Waals surface area (Å²) >= 11 is 12.0. The largest absolute Gasteiger partial charge is 0.298 e. The Kier molecular flexibility index (Phi) is 6.15. The Morgan fingerprint density at radius 2 is 1.96 bits per heavy atom. The Morgan fingerprint density at radius 3 is 2.68 bits per heavy atom. The van der Waals surface area contributed by atoms with E-state index in [0.29, 0.717) is 29.1 Å². The number of rotatable bonds is 6. The monoisotopic (exact) mass is 379 g/mol. The van der Waals surface area contributed by atoms with Crippen LogP contribution in [0.2, 0.25) is 10.0 Å². The first-order valence-corrected chi connectivity index (χ1v) is 9.50. The summed E-state index contributed by atoms with van der Waals surface area (Å²) in [6, 6.07) is 7.78. The molecule has 0 bridgehead atoms. The molecule has 25 heavy (non-hydrogen) atoms. The van der Waals surface area contributed by atoms with E-state index in [1.165, 1.54) is 32.1 Å². The average Bonchev–Trinajstić information content (AvgIpc) is 3.06. The minimum absolute atomic E-state index is 0.201. The highest BCUT2D eigenvalue weighted by Gasteiger charge is 2.20. The number of carbonyl (C=O) groups is 1. The molecule has 0 amide bonds. The molecule has 0 saturated heterocycles. The van der Waals surface area contributed by atoms with Gasteiger partial charge in [0.05, 0.1) is 34.4 Å². The maximum Gasteiger partial charge on any atom is 0.152 e. The van der Waals surface area contributed by atoms with Crippen molar-refractivity contribution >= 4 is 29.0 Å². The van der Waals surface area contributed by atoms with Crippen molar-refractivity contribution in [1.82, 2.24) is 14.7 Å². The first kappa shape index (κ1) is 18.4. The molecule has 3 rings (SSSR count). The first-order chi connectivity index (χ1) is 12.0. The van der Waals surface area contributed by atoms with E-state index in [4.69, 9.17) is 23.2 Å². The summed E-state index contributed by atoms with van der Waals surface area (Å²) < 4.78 is 1.72. The molecular formula is C19H23Cl2N3O. The van der Waals surface area contributed by atoms with E-state index >= 15 is 0 Å². The standard InChI is InChI=1S/C19H23Cl2N3O/c1-23(15-5-3-2-4-6-15)13-17(25)11-14-9-10-24(22-14)16-7-8-18(20)19(21)12-16/h7-10,12,15H,2-6,11,13H2,1H3. The minimum atomic E-state index is 0.201. The maximum atomic E-state index is 12.4. The number of ketones is 1. The number of carbonyl (C=O) groups excluding carboxylic acids is 1. The molecule has 1 aliphatic carbocycles. The van der Waals surface area contributed by atoms with Crippen molar-refractivity contribution in [2.24, 2.45) is 0 Å². The predicted molar refractivity (Wildman–Crippen MR) is 102 cm³/mol. The number of nitrogens with zero attached hydrogens (tertiary/aromatic N) is 3. The fourth-order valence-electron chi connectivity index (χ4n) is 3.41. The first-order valence-electron chi connectivity index (χ1n) is 8.75. The van der Waals surface area contributed by atoms with Crippen LogP contribution in [0.1, 0.15) is 37.8 Å². The van der Waals surface area contributed by atoms with E-state index in [2.05, 4.69) is 17.0 Å². The SMILES string of the molecule is CN(CC(=O)Cc1ccn(-c2ccc(Cl)c(Cl)c2)n1)C1CCCCC1. The van der Waals surface area contributed by atoms with Crippen molar-refractivity contribution in [3.05, 3.63) is 46.2 Å². The lowest BCUT2D eigenvalue weighted by Gasteiger charge is -2.30. The van der Waals surface area contributed by atoms with Crippen LogP contribution < -0.4 is 0 Å². The van der Waals surface area contributed by atoms with Gasteiger partial charge in [-0.05, 0) is 44.2 Å². The van der Waals surface area contributed by atoms with E-state index in [0.717, 1.165) is 11.4 Å². The zero-order valence-corrected chi connectivity index (χ0v) is 15.9. The third kappa shape index (κ3) is 4.84. The summed E-state index contributed by atoms with van der Waals surface area (Å²) in [5.74, 6) is 0.201. The third-order valence-corrected chi connectivity index (χ3v) is 5.55. The molecular weight excluding hydrogens is 357 g/mol. The van der Waals surface area contributed by atoms with Crippen LogP contribution >= 0.6 is 23.2 Å². The maximum absolute atomic E-state index is 12.4. The highest BCUT2D eigenvalue weighted by atomic mass is 35.5. The van der Waals surface area contributed by atoms with Gasteiger partial charge in [-0.1, -0.05) is 42.5 Å². The summed E-state index contributed by atoms with van der Waals surface area (Å²) in [6.07, 6.45) is 8.48. The lowest BCUT2D eigenvalue weighted by atomic mass is 9.94. The highest BCUT2D eigenvalue weighted by Crippen LogP contribution is 2.24. The number of hydrogen-bond donors (Lipinski definition) is 0. The van der Waals surface area contributed by atoms with Crippen molar-refractivity contribution in [2.75, 3.05) is 13.6 Å². The zero-order valence-electron chi connectivity index (χ0n) is 14.4. The normalized spacial score (nSPS) is 15.7. The summed E-state index contributed by atoms with van der Waals surface area (Å²) in [7, 11) is 2.06. The van der Waals surface area contributed by atoms with Crippen molar-refractivity contribution in [3.8, 4) is 5.69 Å². The van der Waals surface area contributed by atoms with Crippen LogP contribution in [-0.4, -0.2) is 40.1 Å². The Morgan fingerprint density at radius 1 is 1.20 bits per heavy atom. The number of aromatic nitrogens is 2. The molecule has 4 nitrogen and oxygen atoms in total. The van der Waals surface area contributed by atoms with Gasteiger partial charge < -0.3 is 0 Å². The summed E-state index contributed by atoms with van der Waals surface area (Å²) in [6.45, 7) is 0.490. The second kappa shape index (κ2) is 8.35. The van der Waals surface area contributed by atoms with Crippen LogP contribution in [0.4, 0.5) is 0 Å². The van der Waals surface area contributed by atoms with Crippen molar-refractivity contribution < 1.29 is 4.79 Å². The summed E-state index contributed by atoms with van der Waals surface area (Å²) in [4.78, 5) is 14.6. The van der Waals surface area contributed by atoms with Gasteiger partial charge in [0.1, 0.15) is 0 Å². The van der Waals surface area contributed by atoms with Crippen LogP contribution in [-0.2, 0) is 11.2 Å². The van der Waals surface area contributed by atoms with Crippen LogP contribution in [0.15, 0.2) is 30.5 Å². The van der Waals surface area contributed by atoms with Gasteiger partial charge in [-0.15, -0.1) is 0 Å². The number of halogens is 2. The number of benzene rings is 1. The van der Waals surface area contributed by atoms with Gasteiger partial charge in [0.25, 0.3) is 0 Å². The van der Waals surface area contributed by atoms with E-state index < -0.39 is 0 Å². The molecule has 1 aromatic carbocycles. The van der Waals surface area contributed by atoms with Crippen molar-refractivity contribution in [1.29, 1.82) is 0 Å². The molecule has 1 aromatic heterocycles. The van der Waals surface area contributed by atoms with Crippen LogP contribution in [0.5, 0.6) is 0 Å². The molecule has 0 unspecified atom stereocenters. The molecule has 1 fully saturated rings. The van der Waals surface area contributed by atoms with Gasteiger partial charge in [-0.2, -0.15) is 5.10 Å². The quantitative estimate of drug-likeness (QED) is 0.738. The Balaban J connectivity index is 1.58. The van der Waals surface area contributed by atoms with Gasteiger partial charge in [0.2, 0.25) is 0 Å². The second-order valence-corrected chi connectivity index (χ2v) is 7.59. The van der Waals surface area contributed by atoms with Crippen molar-refractivity contribution in [2.45, 2.75) is 44.6 Å². The minimum Gasteiger partial charge on any atom is -0.298 e. The molecule has 0 radical (unpaired) electrons. The number of likely N-dealkylation sites (N-methyl/N-ethyl adjacent to an activating group) is 1. The third-order valence-electron chi connectivity index (χ3n) is 4.81. The number of hydrogen-bond acceptors (Lipinski definition) is 3. The smallest absolute Gasteiger partial charge is 0.152 e. The molecule has 1 heterocycles. The topological polar surface area (TPSA) is 38.1 Å². The second-order valence-electron chi connectivity index (χ2n) is 6.77. The Hall–Kier alpha value is -1.36. The fraction of sp³-hybridized carbons (Fsp3) is 0.474.